The minimum Gasteiger partial charge on any atom is -0.392 e. The van der Waals surface area contributed by atoms with Gasteiger partial charge in [0, 0.05) is 13.7 Å². The van der Waals surface area contributed by atoms with Gasteiger partial charge in [0.1, 0.15) is 0 Å². The topological polar surface area (TPSA) is 70.6 Å². The third-order valence-corrected chi connectivity index (χ3v) is 3.58. The van der Waals surface area contributed by atoms with E-state index < -0.39 is 0 Å². The largest absolute Gasteiger partial charge is 0.392 e. The van der Waals surface area contributed by atoms with Gasteiger partial charge in [-0.3, -0.25) is 0 Å². The lowest BCUT2D eigenvalue weighted by Gasteiger charge is -2.18. The summed E-state index contributed by atoms with van der Waals surface area (Å²) in [6, 6.07) is 7.43. The van der Waals surface area contributed by atoms with Crippen LogP contribution in [0.5, 0.6) is 0 Å². The Balaban J connectivity index is 1.82. The summed E-state index contributed by atoms with van der Waals surface area (Å²) < 4.78 is 5.13. The number of carbonyl (C=O) groups excluding carboxylic acids is 1. The number of rotatable bonds is 7. The molecule has 1 unspecified atom stereocenters. The molecule has 1 aliphatic rings. The Kier molecular flexibility index (Phi) is 5.38. The lowest BCUT2D eigenvalue weighted by molar-refractivity contribution is 0.157. The van der Waals surface area contributed by atoms with Crippen molar-refractivity contribution in [2.24, 2.45) is 5.92 Å². The number of carbonyl (C=O) groups is 1. The molecule has 0 aliphatic heterocycles. The summed E-state index contributed by atoms with van der Waals surface area (Å²) in [6.07, 6.45) is 2.31. The van der Waals surface area contributed by atoms with Crippen LogP contribution in [0.1, 0.15) is 24.0 Å². The van der Waals surface area contributed by atoms with Crippen molar-refractivity contribution in [3.63, 3.8) is 0 Å². The van der Waals surface area contributed by atoms with Crippen molar-refractivity contribution in [1.29, 1.82) is 0 Å². The van der Waals surface area contributed by atoms with Gasteiger partial charge in [0.2, 0.25) is 0 Å². The SMILES string of the molecule is COCC(NC(=O)NCc1ccccc1CO)C1CC1. The number of ether oxygens (including phenoxy) is 1. The second-order valence-electron chi connectivity index (χ2n) is 5.15. The van der Waals surface area contributed by atoms with E-state index in [1.807, 2.05) is 24.3 Å². The molecule has 5 nitrogen and oxygen atoms in total. The highest BCUT2D eigenvalue weighted by molar-refractivity contribution is 5.74. The van der Waals surface area contributed by atoms with E-state index in [2.05, 4.69) is 10.6 Å². The minimum absolute atomic E-state index is 0.0200. The number of amides is 2. The first-order valence-electron chi connectivity index (χ1n) is 6.95. The molecule has 0 heterocycles. The molecule has 1 atom stereocenters. The molecule has 3 N–H and O–H groups in total. The molecule has 110 valence electrons. The van der Waals surface area contributed by atoms with E-state index in [4.69, 9.17) is 4.74 Å². The first-order valence-corrected chi connectivity index (χ1v) is 6.95. The molecule has 0 spiro atoms. The van der Waals surface area contributed by atoms with Crippen molar-refractivity contribution in [3.8, 4) is 0 Å². The van der Waals surface area contributed by atoms with Crippen LogP contribution in [0.4, 0.5) is 4.79 Å². The van der Waals surface area contributed by atoms with E-state index >= 15 is 0 Å². The van der Waals surface area contributed by atoms with Gasteiger partial charge in [0.25, 0.3) is 0 Å². The molecule has 0 radical (unpaired) electrons. The van der Waals surface area contributed by atoms with E-state index in [9.17, 15) is 9.90 Å². The van der Waals surface area contributed by atoms with Gasteiger partial charge in [-0.2, -0.15) is 0 Å². The highest BCUT2D eigenvalue weighted by Crippen LogP contribution is 2.32. The molecule has 1 saturated carbocycles. The van der Waals surface area contributed by atoms with Crippen LogP contribution in [0.25, 0.3) is 0 Å². The zero-order valence-electron chi connectivity index (χ0n) is 11.8. The maximum atomic E-state index is 11.9. The zero-order chi connectivity index (χ0) is 14.4. The van der Waals surface area contributed by atoms with Crippen LogP contribution < -0.4 is 10.6 Å². The molecule has 1 aromatic rings. The van der Waals surface area contributed by atoms with Crippen molar-refractivity contribution in [2.45, 2.75) is 32.0 Å². The zero-order valence-corrected chi connectivity index (χ0v) is 11.8. The average molecular weight is 278 g/mol. The van der Waals surface area contributed by atoms with Crippen LogP contribution in [0.3, 0.4) is 0 Å². The van der Waals surface area contributed by atoms with Gasteiger partial charge in [-0.15, -0.1) is 0 Å². The molecule has 5 heteroatoms. The predicted octanol–water partition coefficient (Wildman–Crippen LogP) is 1.40. The smallest absolute Gasteiger partial charge is 0.315 e. The summed E-state index contributed by atoms with van der Waals surface area (Å²) in [6.45, 7) is 0.937. The number of methoxy groups -OCH3 is 1. The Morgan fingerprint density at radius 1 is 1.40 bits per heavy atom. The van der Waals surface area contributed by atoms with Crippen LogP contribution in [0.2, 0.25) is 0 Å². The Bertz CT molecular complexity index is 446. The Morgan fingerprint density at radius 2 is 2.10 bits per heavy atom. The summed E-state index contributed by atoms with van der Waals surface area (Å²) in [4.78, 5) is 11.9. The third kappa shape index (κ3) is 4.21. The number of urea groups is 1. The normalized spacial score (nSPS) is 15.7. The maximum Gasteiger partial charge on any atom is 0.315 e. The maximum absolute atomic E-state index is 11.9. The van der Waals surface area contributed by atoms with Crippen molar-refractivity contribution in [2.75, 3.05) is 13.7 Å². The van der Waals surface area contributed by atoms with Crippen molar-refractivity contribution >= 4 is 6.03 Å². The molecule has 0 bridgehead atoms. The summed E-state index contributed by atoms with van der Waals surface area (Å²) in [5.41, 5.74) is 1.77. The van der Waals surface area contributed by atoms with Crippen molar-refractivity contribution in [1.82, 2.24) is 10.6 Å². The molecule has 1 aromatic carbocycles. The van der Waals surface area contributed by atoms with E-state index in [1.165, 1.54) is 0 Å². The minimum atomic E-state index is -0.188. The van der Waals surface area contributed by atoms with Gasteiger partial charge in [-0.05, 0) is 29.9 Å². The monoisotopic (exact) mass is 278 g/mol. The number of aliphatic hydroxyl groups is 1. The third-order valence-electron chi connectivity index (χ3n) is 3.58. The number of hydrogen-bond donors (Lipinski definition) is 3. The summed E-state index contributed by atoms with van der Waals surface area (Å²) >= 11 is 0. The van der Waals surface area contributed by atoms with Gasteiger partial charge >= 0.3 is 6.03 Å². The Labute approximate surface area is 119 Å². The Hall–Kier alpha value is -1.59. The fourth-order valence-electron chi connectivity index (χ4n) is 2.25. The second-order valence-corrected chi connectivity index (χ2v) is 5.15. The quantitative estimate of drug-likeness (QED) is 0.706. The molecular weight excluding hydrogens is 256 g/mol. The van der Waals surface area contributed by atoms with Crippen LogP contribution in [0.15, 0.2) is 24.3 Å². The van der Waals surface area contributed by atoms with Crippen LogP contribution in [0, 0.1) is 5.92 Å². The highest BCUT2D eigenvalue weighted by atomic mass is 16.5. The van der Waals surface area contributed by atoms with E-state index in [-0.39, 0.29) is 18.7 Å². The predicted molar refractivity (Wildman–Crippen MR) is 76.1 cm³/mol. The number of aliphatic hydroxyl groups excluding tert-OH is 1. The van der Waals surface area contributed by atoms with E-state index in [1.54, 1.807) is 7.11 Å². The average Bonchev–Trinajstić information content (AvgIpc) is 3.29. The standard InChI is InChI=1S/C15H22N2O3/c1-20-10-14(11-6-7-11)17-15(19)16-8-12-4-2-3-5-13(12)9-18/h2-5,11,14,18H,6-10H2,1H3,(H2,16,17,19). The van der Waals surface area contributed by atoms with Gasteiger partial charge in [-0.1, -0.05) is 24.3 Å². The lowest BCUT2D eigenvalue weighted by atomic mass is 10.1. The summed E-state index contributed by atoms with van der Waals surface area (Å²) in [5, 5.41) is 15.0. The number of benzene rings is 1. The van der Waals surface area contributed by atoms with Gasteiger partial charge < -0.3 is 20.5 Å². The van der Waals surface area contributed by atoms with Crippen LogP contribution in [-0.2, 0) is 17.9 Å². The fraction of sp³-hybridized carbons (Fsp3) is 0.533. The van der Waals surface area contributed by atoms with Gasteiger partial charge in [0.15, 0.2) is 0 Å². The van der Waals surface area contributed by atoms with Gasteiger partial charge in [-0.25, -0.2) is 4.79 Å². The first kappa shape index (κ1) is 14.8. The number of nitrogens with one attached hydrogen (secondary N) is 2. The van der Waals surface area contributed by atoms with Crippen molar-refractivity contribution < 1.29 is 14.6 Å². The molecule has 2 amide bonds. The Morgan fingerprint density at radius 3 is 2.70 bits per heavy atom. The molecular formula is C15H22N2O3. The lowest BCUT2D eigenvalue weighted by Crippen LogP contribution is -2.45. The first-order chi connectivity index (χ1) is 9.74. The molecule has 2 rings (SSSR count). The second kappa shape index (κ2) is 7.26. The summed E-state index contributed by atoms with van der Waals surface area (Å²) in [7, 11) is 1.65. The fourth-order valence-corrected chi connectivity index (χ4v) is 2.25. The van der Waals surface area contributed by atoms with E-state index in [0.29, 0.717) is 19.1 Å². The highest BCUT2D eigenvalue weighted by Gasteiger charge is 2.32. The molecule has 0 aromatic heterocycles. The number of hydrogen-bond acceptors (Lipinski definition) is 3. The molecule has 1 aliphatic carbocycles. The van der Waals surface area contributed by atoms with Crippen LogP contribution in [-0.4, -0.2) is 30.9 Å². The summed E-state index contributed by atoms with van der Waals surface area (Å²) in [5.74, 6) is 0.547. The van der Waals surface area contributed by atoms with Crippen LogP contribution >= 0.6 is 0 Å². The molecule has 1 fully saturated rings. The van der Waals surface area contributed by atoms with Crippen molar-refractivity contribution in [3.05, 3.63) is 35.4 Å². The van der Waals surface area contributed by atoms with Gasteiger partial charge in [0.05, 0.1) is 19.3 Å². The molecule has 0 saturated heterocycles. The van der Waals surface area contributed by atoms with E-state index in [0.717, 1.165) is 24.0 Å². The molecule has 20 heavy (non-hydrogen) atoms.